The Morgan fingerprint density at radius 1 is 1.19 bits per heavy atom. The maximum atomic E-state index is 13.3. The van der Waals surface area contributed by atoms with Crippen LogP contribution in [0.2, 0.25) is 18.1 Å². The van der Waals surface area contributed by atoms with Crippen LogP contribution in [0.15, 0.2) is 18.2 Å². The Bertz CT molecular complexity index is 725. The van der Waals surface area contributed by atoms with E-state index in [1.807, 2.05) is 0 Å². The molecule has 4 nitrogen and oxygen atoms in total. The van der Waals surface area contributed by atoms with Gasteiger partial charge in [-0.15, -0.1) is 11.5 Å². The van der Waals surface area contributed by atoms with Gasteiger partial charge in [0.1, 0.15) is 25.8 Å². The van der Waals surface area contributed by atoms with Crippen LogP contribution >= 0.6 is 0 Å². The maximum absolute atomic E-state index is 13.3. The molecule has 1 N–H and O–H groups in total. The number of methoxy groups -OCH3 is 1. The Morgan fingerprint density at radius 2 is 1.73 bits per heavy atom. The summed E-state index contributed by atoms with van der Waals surface area (Å²) in [4.78, 5) is 24.1. The molecule has 0 saturated carbocycles. The van der Waals surface area contributed by atoms with Gasteiger partial charge in [0.15, 0.2) is 0 Å². The summed E-state index contributed by atoms with van der Waals surface area (Å²) in [6, 6.07) is 1.44. The number of carbonyl (C=O) groups is 2. The van der Waals surface area contributed by atoms with Crippen molar-refractivity contribution < 1.29 is 23.1 Å². The number of nitrogens with one attached hydrogen (secondary N) is 1. The Labute approximate surface area is 154 Å². The van der Waals surface area contributed by atoms with E-state index in [0.717, 1.165) is 12.1 Å². The van der Waals surface area contributed by atoms with Crippen LogP contribution in [-0.4, -0.2) is 33.1 Å². The molecule has 1 rings (SSSR count). The van der Waals surface area contributed by atoms with Crippen LogP contribution in [0.5, 0.6) is 0 Å². The molecular formula is C19H25F2NO3Si. The molecule has 0 heterocycles. The van der Waals surface area contributed by atoms with E-state index in [0.29, 0.717) is 6.07 Å². The van der Waals surface area contributed by atoms with E-state index in [-0.39, 0.29) is 17.0 Å². The Kier molecular flexibility index (Phi) is 7.10. The Hall–Kier alpha value is -2.20. The van der Waals surface area contributed by atoms with Gasteiger partial charge in [-0.2, -0.15) is 0 Å². The summed E-state index contributed by atoms with van der Waals surface area (Å²) in [6.07, 6.45) is 0.0583. The smallest absolute Gasteiger partial charge is 0.329 e. The molecule has 1 atom stereocenters. The number of esters is 1. The van der Waals surface area contributed by atoms with Gasteiger partial charge in [-0.05, 0) is 17.2 Å². The summed E-state index contributed by atoms with van der Waals surface area (Å²) in [6.45, 7) is 10.6. The predicted octanol–water partition coefficient (Wildman–Crippen LogP) is 3.68. The van der Waals surface area contributed by atoms with E-state index in [9.17, 15) is 18.4 Å². The first-order valence-electron chi connectivity index (χ1n) is 8.22. The highest BCUT2D eigenvalue weighted by molar-refractivity contribution is 6.87. The van der Waals surface area contributed by atoms with Gasteiger partial charge >= 0.3 is 5.97 Å². The molecule has 0 unspecified atom stereocenters. The molecule has 0 aliphatic carbocycles. The van der Waals surface area contributed by atoms with Gasteiger partial charge in [-0.25, -0.2) is 13.6 Å². The van der Waals surface area contributed by atoms with Crippen molar-refractivity contribution in [3.63, 3.8) is 0 Å². The average Bonchev–Trinajstić information content (AvgIpc) is 2.50. The van der Waals surface area contributed by atoms with Gasteiger partial charge in [-0.3, -0.25) is 4.79 Å². The number of amides is 1. The molecule has 0 aromatic heterocycles. The largest absolute Gasteiger partial charge is 0.467 e. The highest BCUT2D eigenvalue weighted by atomic mass is 28.3. The molecule has 1 aromatic carbocycles. The van der Waals surface area contributed by atoms with Crippen molar-refractivity contribution in [1.82, 2.24) is 5.32 Å². The van der Waals surface area contributed by atoms with Gasteiger partial charge in [0, 0.05) is 18.1 Å². The first-order valence-corrected chi connectivity index (χ1v) is 11.2. The fourth-order valence-corrected chi connectivity index (χ4v) is 2.74. The SMILES string of the molecule is COC(=O)[C@@H](CC#C[Si](C)(C)C(C)(C)C)NC(=O)c1cc(F)cc(F)c1. The second-order valence-electron chi connectivity index (χ2n) is 7.59. The van der Waals surface area contributed by atoms with Crippen molar-refractivity contribution in [3.8, 4) is 11.5 Å². The summed E-state index contributed by atoms with van der Waals surface area (Å²) in [5, 5.41) is 2.49. The molecular weight excluding hydrogens is 356 g/mol. The Morgan fingerprint density at radius 3 is 2.19 bits per heavy atom. The first kappa shape index (κ1) is 21.8. The van der Waals surface area contributed by atoms with Crippen molar-refractivity contribution in [2.75, 3.05) is 7.11 Å². The molecule has 1 amide bonds. The maximum Gasteiger partial charge on any atom is 0.329 e. The van der Waals surface area contributed by atoms with Crippen LogP contribution in [0.4, 0.5) is 8.78 Å². The first-order chi connectivity index (χ1) is 11.9. The predicted molar refractivity (Wildman–Crippen MR) is 99.2 cm³/mol. The van der Waals surface area contributed by atoms with Crippen molar-refractivity contribution in [2.24, 2.45) is 0 Å². The molecule has 0 radical (unpaired) electrons. The number of hydrogen-bond acceptors (Lipinski definition) is 3. The second kappa shape index (κ2) is 8.45. The van der Waals surface area contributed by atoms with Gasteiger partial charge < -0.3 is 10.1 Å². The molecule has 0 saturated heterocycles. The number of hydrogen-bond donors (Lipinski definition) is 1. The van der Waals surface area contributed by atoms with Crippen LogP contribution in [0.3, 0.4) is 0 Å². The van der Waals surface area contributed by atoms with Crippen LogP contribution in [0.25, 0.3) is 0 Å². The van der Waals surface area contributed by atoms with Crippen molar-refractivity contribution in [3.05, 3.63) is 35.4 Å². The van der Waals surface area contributed by atoms with E-state index in [1.165, 1.54) is 7.11 Å². The highest BCUT2D eigenvalue weighted by Gasteiger charge is 2.33. The van der Waals surface area contributed by atoms with Gasteiger partial charge in [0.05, 0.1) is 7.11 Å². The zero-order valence-corrected chi connectivity index (χ0v) is 17.0. The molecule has 142 valence electrons. The summed E-state index contributed by atoms with van der Waals surface area (Å²) >= 11 is 0. The summed E-state index contributed by atoms with van der Waals surface area (Å²) in [5.41, 5.74) is 3.04. The zero-order valence-electron chi connectivity index (χ0n) is 16.0. The molecule has 0 aliphatic rings. The van der Waals surface area contributed by atoms with E-state index in [1.54, 1.807) is 0 Å². The minimum Gasteiger partial charge on any atom is -0.467 e. The zero-order chi connectivity index (χ0) is 20.1. The van der Waals surface area contributed by atoms with Crippen LogP contribution in [0, 0.1) is 23.1 Å². The third kappa shape index (κ3) is 5.95. The van der Waals surface area contributed by atoms with E-state index in [2.05, 4.69) is 55.4 Å². The van der Waals surface area contributed by atoms with Crippen LogP contribution in [0.1, 0.15) is 37.6 Å². The lowest BCUT2D eigenvalue weighted by atomic mass is 10.1. The third-order valence-electron chi connectivity index (χ3n) is 4.50. The lowest BCUT2D eigenvalue weighted by Crippen LogP contribution is -2.41. The molecule has 7 heteroatoms. The van der Waals surface area contributed by atoms with Crippen molar-refractivity contribution in [2.45, 2.75) is 51.4 Å². The van der Waals surface area contributed by atoms with Crippen LogP contribution in [-0.2, 0) is 9.53 Å². The van der Waals surface area contributed by atoms with Crippen molar-refractivity contribution >= 4 is 20.0 Å². The highest BCUT2D eigenvalue weighted by Crippen LogP contribution is 2.35. The monoisotopic (exact) mass is 381 g/mol. The minimum absolute atomic E-state index is 0.0583. The molecule has 0 bridgehead atoms. The quantitative estimate of drug-likeness (QED) is 0.492. The van der Waals surface area contributed by atoms with Crippen LogP contribution < -0.4 is 5.32 Å². The summed E-state index contributed by atoms with van der Waals surface area (Å²) < 4.78 is 31.2. The molecule has 0 aliphatic heterocycles. The van der Waals surface area contributed by atoms with Gasteiger partial charge in [0.25, 0.3) is 5.91 Å². The lowest BCUT2D eigenvalue weighted by molar-refractivity contribution is -0.142. The average molecular weight is 381 g/mol. The molecule has 1 aromatic rings. The number of halogens is 2. The molecule has 0 fully saturated rings. The van der Waals surface area contributed by atoms with Gasteiger partial charge in [0.2, 0.25) is 0 Å². The Balaban J connectivity index is 2.96. The van der Waals surface area contributed by atoms with E-state index in [4.69, 9.17) is 0 Å². The van der Waals surface area contributed by atoms with E-state index < -0.39 is 37.6 Å². The van der Waals surface area contributed by atoms with Crippen molar-refractivity contribution in [1.29, 1.82) is 0 Å². The summed E-state index contributed by atoms with van der Waals surface area (Å²) in [5.74, 6) is -0.208. The minimum atomic E-state index is -1.86. The number of rotatable bonds is 4. The third-order valence-corrected chi connectivity index (χ3v) is 9.05. The molecule has 0 spiro atoms. The summed E-state index contributed by atoms with van der Waals surface area (Å²) in [7, 11) is -0.662. The standard InChI is InChI=1S/C19H25F2NO3Si/c1-19(2,3)26(5,6)9-7-8-16(18(24)25-4)22-17(23)13-10-14(20)12-15(21)11-13/h10-12,16H,8H2,1-6H3,(H,22,23)/t16-/m1/s1. The topological polar surface area (TPSA) is 55.4 Å². The number of carbonyl (C=O) groups excluding carboxylic acids is 2. The normalized spacial score (nSPS) is 12.6. The fourth-order valence-electron chi connectivity index (χ4n) is 1.82. The van der Waals surface area contributed by atoms with E-state index >= 15 is 0 Å². The molecule has 26 heavy (non-hydrogen) atoms. The van der Waals surface area contributed by atoms with Gasteiger partial charge in [-0.1, -0.05) is 33.9 Å². The lowest BCUT2D eigenvalue weighted by Gasteiger charge is -2.31. The fraction of sp³-hybridized carbons (Fsp3) is 0.474. The second-order valence-corrected chi connectivity index (χ2v) is 12.6. The number of ether oxygens (including phenoxy) is 1. The number of benzene rings is 1.